The van der Waals surface area contributed by atoms with Crippen molar-refractivity contribution in [2.45, 2.75) is 90.4 Å². The molecular formula is C24H38O6. The van der Waals surface area contributed by atoms with Crippen LogP contribution in [0.3, 0.4) is 0 Å². The van der Waals surface area contributed by atoms with E-state index in [0.717, 1.165) is 38.5 Å². The van der Waals surface area contributed by atoms with Crippen molar-refractivity contribution < 1.29 is 29.6 Å². The van der Waals surface area contributed by atoms with Crippen LogP contribution >= 0.6 is 0 Å². The number of esters is 1. The van der Waals surface area contributed by atoms with Crippen LogP contribution < -0.4 is 0 Å². The predicted octanol–water partition coefficient (Wildman–Crippen LogP) is 2.47. The summed E-state index contributed by atoms with van der Waals surface area (Å²) in [5.41, 5.74) is -2.34. The van der Waals surface area contributed by atoms with E-state index in [1.165, 1.54) is 6.92 Å². The Morgan fingerprint density at radius 2 is 1.80 bits per heavy atom. The SMILES string of the molecule is CC(=O)OCC(=O)[C@@]1(O)[C@H](C)C[C@H]2[C@@H]3CC[C@H]4C[C@@H](O)CC[C@]4(C)[C@H]3[C@H](O)C[C@@]21C. The van der Waals surface area contributed by atoms with Crippen molar-refractivity contribution in [2.24, 2.45) is 40.4 Å². The van der Waals surface area contributed by atoms with E-state index in [1.807, 2.05) is 13.8 Å². The summed E-state index contributed by atoms with van der Waals surface area (Å²) in [6, 6.07) is 0. The first kappa shape index (κ1) is 22.2. The second-order valence-electron chi connectivity index (χ2n) is 11.3. The van der Waals surface area contributed by atoms with Gasteiger partial charge in [-0.2, -0.15) is 0 Å². The molecule has 0 heterocycles. The quantitative estimate of drug-likeness (QED) is 0.604. The van der Waals surface area contributed by atoms with Crippen molar-refractivity contribution in [1.29, 1.82) is 0 Å². The predicted molar refractivity (Wildman–Crippen MR) is 110 cm³/mol. The van der Waals surface area contributed by atoms with Crippen molar-refractivity contribution in [1.82, 2.24) is 0 Å². The van der Waals surface area contributed by atoms with Gasteiger partial charge >= 0.3 is 5.97 Å². The molecule has 6 heteroatoms. The molecule has 30 heavy (non-hydrogen) atoms. The second-order valence-corrected chi connectivity index (χ2v) is 11.3. The monoisotopic (exact) mass is 422 g/mol. The summed E-state index contributed by atoms with van der Waals surface area (Å²) in [6.07, 6.45) is 4.83. The van der Waals surface area contributed by atoms with Crippen LogP contribution in [0.15, 0.2) is 0 Å². The molecule has 4 saturated carbocycles. The lowest BCUT2D eigenvalue weighted by atomic mass is 9.43. The van der Waals surface area contributed by atoms with Gasteiger partial charge in [-0.15, -0.1) is 0 Å². The number of rotatable bonds is 3. The van der Waals surface area contributed by atoms with Crippen LogP contribution in [0.4, 0.5) is 0 Å². The molecule has 170 valence electrons. The maximum absolute atomic E-state index is 13.1. The molecule has 6 nitrogen and oxygen atoms in total. The molecule has 0 aromatic carbocycles. The molecule has 4 aliphatic carbocycles. The highest BCUT2D eigenvalue weighted by atomic mass is 16.5. The minimum absolute atomic E-state index is 0.00537. The molecular weight excluding hydrogens is 384 g/mol. The van der Waals surface area contributed by atoms with Gasteiger partial charge in [-0.25, -0.2) is 0 Å². The van der Waals surface area contributed by atoms with Gasteiger partial charge in [0.15, 0.2) is 6.61 Å². The van der Waals surface area contributed by atoms with Crippen LogP contribution in [0.25, 0.3) is 0 Å². The van der Waals surface area contributed by atoms with Gasteiger partial charge in [-0.3, -0.25) is 9.59 Å². The number of fused-ring (bicyclic) bond motifs is 5. The zero-order valence-electron chi connectivity index (χ0n) is 18.8. The first-order chi connectivity index (χ1) is 13.9. The number of hydrogen-bond acceptors (Lipinski definition) is 6. The average Bonchev–Trinajstić information content (AvgIpc) is 2.87. The van der Waals surface area contributed by atoms with Crippen LogP contribution in [0.2, 0.25) is 0 Å². The molecule has 4 aliphatic rings. The second kappa shape index (κ2) is 7.28. The summed E-state index contributed by atoms with van der Waals surface area (Å²) < 4.78 is 4.95. The Kier molecular flexibility index (Phi) is 5.39. The van der Waals surface area contributed by atoms with Gasteiger partial charge in [0.25, 0.3) is 0 Å². The first-order valence-electron chi connectivity index (χ1n) is 11.7. The van der Waals surface area contributed by atoms with E-state index in [-0.39, 0.29) is 35.2 Å². The number of Topliss-reactive ketones (excluding diaryl/α,β-unsaturated/α-hetero) is 1. The van der Waals surface area contributed by atoms with E-state index >= 15 is 0 Å². The molecule has 0 radical (unpaired) electrons. The van der Waals surface area contributed by atoms with Gasteiger partial charge in [0, 0.05) is 12.3 Å². The Hall–Kier alpha value is -0.980. The molecule has 4 rings (SSSR count). The van der Waals surface area contributed by atoms with Gasteiger partial charge in [0.2, 0.25) is 5.78 Å². The largest absolute Gasteiger partial charge is 0.458 e. The van der Waals surface area contributed by atoms with E-state index in [2.05, 4.69) is 6.92 Å². The number of ketones is 1. The zero-order valence-corrected chi connectivity index (χ0v) is 18.8. The fourth-order valence-electron chi connectivity index (χ4n) is 8.57. The lowest BCUT2D eigenvalue weighted by molar-refractivity contribution is -0.206. The molecule has 0 amide bonds. The molecule has 4 fully saturated rings. The number of aliphatic hydroxyl groups excluding tert-OH is 2. The van der Waals surface area contributed by atoms with Crippen LogP contribution in [0.5, 0.6) is 0 Å². The molecule has 0 saturated heterocycles. The summed E-state index contributed by atoms with van der Waals surface area (Å²) in [4.78, 5) is 24.3. The van der Waals surface area contributed by atoms with Crippen LogP contribution in [0.1, 0.15) is 72.6 Å². The molecule has 0 aliphatic heterocycles. The molecule has 0 spiro atoms. The van der Waals surface area contributed by atoms with Crippen molar-refractivity contribution in [3.05, 3.63) is 0 Å². The van der Waals surface area contributed by atoms with Gasteiger partial charge in [-0.05, 0) is 80.0 Å². The normalized spacial score (nSPS) is 52.7. The highest BCUT2D eigenvalue weighted by molar-refractivity contribution is 5.91. The van der Waals surface area contributed by atoms with Crippen molar-refractivity contribution in [2.75, 3.05) is 6.61 Å². The summed E-state index contributed by atoms with van der Waals surface area (Å²) in [6.45, 7) is 7.02. The third-order valence-corrected chi connectivity index (χ3v) is 9.98. The summed E-state index contributed by atoms with van der Waals surface area (Å²) >= 11 is 0. The Labute approximate surface area is 179 Å². The Bertz CT molecular complexity index is 722. The van der Waals surface area contributed by atoms with Gasteiger partial charge in [0.1, 0.15) is 5.60 Å². The van der Waals surface area contributed by atoms with E-state index in [9.17, 15) is 24.9 Å². The van der Waals surface area contributed by atoms with E-state index in [0.29, 0.717) is 12.3 Å². The number of hydrogen-bond donors (Lipinski definition) is 3. The molecule has 0 bridgehead atoms. The fraction of sp³-hybridized carbons (Fsp3) is 0.917. The molecule has 0 aromatic heterocycles. The smallest absolute Gasteiger partial charge is 0.303 e. The maximum Gasteiger partial charge on any atom is 0.303 e. The van der Waals surface area contributed by atoms with E-state index < -0.39 is 35.5 Å². The topological polar surface area (TPSA) is 104 Å². The molecule has 10 atom stereocenters. The van der Waals surface area contributed by atoms with Crippen LogP contribution in [-0.2, 0) is 14.3 Å². The fourth-order valence-corrected chi connectivity index (χ4v) is 8.57. The van der Waals surface area contributed by atoms with Crippen molar-refractivity contribution >= 4 is 11.8 Å². The minimum atomic E-state index is -1.60. The summed E-state index contributed by atoms with van der Waals surface area (Å²) in [5.74, 6) is -0.259. The Morgan fingerprint density at radius 1 is 1.10 bits per heavy atom. The summed E-state index contributed by atoms with van der Waals surface area (Å²) in [7, 11) is 0. The highest BCUT2D eigenvalue weighted by Gasteiger charge is 2.71. The molecule has 0 unspecified atom stereocenters. The third-order valence-electron chi connectivity index (χ3n) is 9.98. The lowest BCUT2D eigenvalue weighted by Gasteiger charge is -2.62. The highest BCUT2D eigenvalue weighted by Crippen LogP contribution is 2.69. The number of ether oxygens (including phenoxy) is 1. The Morgan fingerprint density at radius 3 is 2.47 bits per heavy atom. The zero-order chi connectivity index (χ0) is 22.1. The number of aliphatic hydroxyl groups is 3. The van der Waals surface area contributed by atoms with Crippen molar-refractivity contribution in [3.8, 4) is 0 Å². The van der Waals surface area contributed by atoms with Gasteiger partial charge < -0.3 is 20.1 Å². The standard InChI is InChI=1S/C24H38O6/c1-13-9-18-17-6-5-15-10-16(26)7-8-22(15,3)21(17)19(27)11-23(18,4)24(13,29)20(28)12-30-14(2)25/h13,15-19,21,26-27,29H,5-12H2,1-4H3/t13-,15+,16+,17+,18+,19-,21-,22+,23+,24+/m1/s1. The maximum atomic E-state index is 13.1. The molecule has 0 aromatic rings. The van der Waals surface area contributed by atoms with Crippen LogP contribution in [0, 0.1) is 40.4 Å². The minimum Gasteiger partial charge on any atom is -0.458 e. The number of carbonyl (C=O) groups is 2. The van der Waals surface area contributed by atoms with Gasteiger partial charge in [0.05, 0.1) is 12.2 Å². The lowest BCUT2D eigenvalue weighted by Crippen LogP contribution is -2.64. The van der Waals surface area contributed by atoms with Crippen LogP contribution in [-0.4, -0.2) is 51.5 Å². The van der Waals surface area contributed by atoms with E-state index in [1.54, 1.807) is 0 Å². The van der Waals surface area contributed by atoms with E-state index in [4.69, 9.17) is 4.74 Å². The first-order valence-corrected chi connectivity index (χ1v) is 11.7. The Balaban J connectivity index is 1.66. The van der Waals surface area contributed by atoms with Crippen molar-refractivity contribution in [3.63, 3.8) is 0 Å². The molecule has 3 N–H and O–H groups in total. The average molecular weight is 423 g/mol. The van der Waals surface area contributed by atoms with Gasteiger partial charge in [-0.1, -0.05) is 20.8 Å². The number of carbonyl (C=O) groups excluding carboxylic acids is 2. The summed E-state index contributed by atoms with van der Waals surface area (Å²) in [5, 5.41) is 33.4. The third kappa shape index (κ3) is 2.93.